The smallest absolute Gasteiger partial charge is 0.290 e. The van der Waals surface area contributed by atoms with E-state index in [0.717, 1.165) is 10.5 Å². The van der Waals surface area contributed by atoms with Crippen molar-refractivity contribution in [3.63, 3.8) is 0 Å². The molecule has 5 nitrogen and oxygen atoms in total. The SMILES string of the molecule is O=C1c2oc3ccc(F)cc3c(=O)c2C(c2ccc(Br)cc2)N1CCO. The molecule has 0 aliphatic carbocycles. The Balaban J connectivity index is 2.01. The minimum absolute atomic E-state index is 0.0495. The Hall–Kier alpha value is -2.51. The summed E-state index contributed by atoms with van der Waals surface area (Å²) >= 11 is 3.36. The van der Waals surface area contributed by atoms with Crippen LogP contribution in [0.25, 0.3) is 11.0 Å². The number of fused-ring (bicyclic) bond motifs is 2. The van der Waals surface area contributed by atoms with Gasteiger partial charge in [-0.1, -0.05) is 28.1 Å². The molecule has 1 amide bonds. The molecule has 1 aliphatic heterocycles. The van der Waals surface area contributed by atoms with Crippen LogP contribution in [0.5, 0.6) is 0 Å². The molecule has 1 N–H and O–H groups in total. The van der Waals surface area contributed by atoms with Gasteiger partial charge in [-0.2, -0.15) is 0 Å². The van der Waals surface area contributed by atoms with Crippen LogP contribution in [-0.2, 0) is 0 Å². The molecule has 0 bridgehead atoms. The number of benzene rings is 2. The van der Waals surface area contributed by atoms with Crippen molar-refractivity contribution >= 4 is 32.8 Å². The predicted molar refractivity (Wildman–Crippen MR) is 96.5 cm³/mol. The van der Waals surface area contributed by atoms with Crippen LogP contribution in [0, 0.1) is 5.82 Å². The topological polar surface area (TPSA) is 70.8 Å². The third-order valence-electron chi connectivity index (χ3n) is 4.45. The van der Waals surface area contributed by atoms with Gasteiger partial charge in [0, 0.05) is 11.0 Å². The van der Waals surface area contributed by atoms with Gasteiger partial charge in [0.25, 0.3) is 5.91 Å². The van der Waals surface area contributed by atoms with Gasteiger partial charge in [-0.3, -0.25) is 9.59 Å². The van der Waals surface area contributed by atoms with Crippen molar-refractivity contribution < 1.29 is 18.7 Å². The summed E-state index contributed by atoms with van der Waals surface area (Å²) in [5.74, 6) is -1.08. The average molecular weight is 418 g/mol. The van der Waals surface area contributed by atoms with E-state index in [1.807, 2.05) is 0 Å². The van der Waals surface area contributed by atoms with Crippen LogP contribution in [0.4, 0.5) is 4.39 Å². The fraction of sp³-hybridized carbons (Fsp3) is 0.158. The Labute approximate surface area is 155 Å². The predicted octanol–water partition coefficient (Wildman–Crippen LogP) is 3.23. The van der Waals surface area contributed by atoms with Crippen LogP contribution < -0.4 is 5.43 Å². The van der Waals surface area contributed by atoms with Crippen molar-refractivity contribution in [1.82, 2.24) is 4.90 Å². The molecule has 1 aliphatic rings. The van der Waals surface area contributed by atoms with Gasteiger partial charge in [0.15, 0.2) is 5.43 Å². The lowest BCUT2D eigenvalue weighted by atomic mass is 9.98. The first-order chi connectivity index (χ1) is 12.5. The molecule has 3 aromatic rings. The third kappa shape index (κ3) is 2.55. The molecule has 7 heteroatoms. The maximum atomic E-state index is 13.6. The van der Waals surface area contributed by atoms with Crippen LogP contribution in [-0.4, -0.2) is 29.1 Å². The van der Waals surface area contributed by atoms with Gasteiger partial charge in [0.1, 0.15) is 11.4 Å². The quantitative estimate of drug-likeness (QED) is 0.709. The minimum Gasteiger partial charge on any atom is -0.450 e. The van der Waals surface area contributed by atoms with Gasteiger partial charge in [0.2, 0.25) is 5.76 Å². The molecule has 0 fully saturated rings. The van der Waals surface area contributed by atoms with E-state index in [4.69, 9.17) is 4.42 Å². The number of halogens is 2. The second-order valence-electron chi connectivity index (χ2n) is 5.99. The molecule has 2 heterocycles. The van der Waals surface area contributed by atoms with E-state index in [-0.39, 0.29) is 35.4 Å². The molecule has 2 aromatic carbocycles. The van der Waals surface area contributed by atoms with E-state index in [1.54, 1.807) is 24.3 Å². The minimum atomic E-state index is -0.693. The Kier molecular flexibility index (Phi) is 4.13. The van der Waals surface area contributed by atoms with Crippen LogP contribution >= 0.6 is 15.9 Å². The highest BCUT2D eigenvalue weighted by Gasteiger charge is 2.42. The number of nitrogens with zero attached hydrogens (tertiary/aromatic N) is 1. The zero-order valence-electron chi connectivity index (χ0n) is 13.4. The van der Waals surface area contributed by atoms with Gasteiger partial charge in [0.05, 0.1) is 23.6 Å². The van der Waals surface area contributed by atoms with Crippen molar-refractivity contribution in [2.24, 2.45) is 0 Å². The van der Waals surface area contributed by atoms with E-state index >= 15 is 0 Å². The number of carbonyl (C=O) groups is 1. The third-order valence-corrected chi connectivity index (χ3v) is 4.98. The summed E-state index contributed by atoms with van der Waals surface area (Å²) < 4.78 is 20.1. The lowest BCUT2D eigenvalue weighted by molar-refractivity contribution is 0.0691. The molecule has 26 heavy (non-hydrogen) atoms. The number of aliphatic hydroxyl groups is 1. The second-order valence-corrected chi connectivity index (χ2v) is 6.91. The van der Waals surface area contributed by atoms with Crippen molar-refractivity contribution in [2.75, 3.05) is 13.2 Å². The van der Waals surface area contributed by atoms with Crippen LogP contribution in [0.15, 0.2) is 56.1 Å². The zero-order chi connectivity index (χ0) is 18.4. The summed E-state index contributed by atoms with van der Waals surface area (Å²) in [4.78, 5) is 27.2. The molecule has 1 atom stereocenters. The van der Waals surface area contributed by atoms with E-state index in [1.165, 1.54) is 17.0 Å². The highest BCUT2D eigenvalue weighted by atomic mass is 79.9. The Bertz CT molecular complexity index is 1080. The molecule has 0 radical (unpaired) electrons. The molecule has 4 rings (SSSR count). The Morgan fingerprint density at radius 1 is 1.15 bits per heavy atom. The van der Waals surface area contributed by atoms with Crippen LogP contribution in [0.3, 0.4) is 0 Å². The first kappa shape index (κ1) is 16.9. The van der Waals surface area contributed by atoms with Crippen LogP contribution in [0.2, 0.25) is 0 Å². The molecule has 0 spiro atoms. The lowest BCUT2D eigenvalue weighted by Crippen LogP contribution is -2.32. The lowest BCUT2D eigenvalue weighted by Gasteiger charge is -2.24. The number of hydrogen-bond donors (Lipinski definition) is 1. The summed E-state index contributed by atoms with van der Waals surface area (Å²) in [5.41, 5.74) is 0.590. The van der Waals surface area contributed by atoms with E-state index in [9.17, 15) is 19.1 Å². The van der Waals surface area contributed by atoms with Gasteiger partial charge < -0.3 is 14.4 Å². The van der Waals surface area contributed by atoms with Crippen molar-refractivity contribution in [3.8, 4) is 0 Å². The number of rotatable bonds is 3. The molecule has 0 saturated carbocycles. The van der Waals surface area contributed by atoms with E-state index < -0.39 is 23.2 Å². The fourth-order valence-corrected chi connectivity index (χ4v) is 3.59. The van der Waals surface area contributed by atoms with E-state index in [2.05, 4.69) is 15.9 Å². The number of hydrogen-bond acceptors (Lipinski definition) is 4. The molecule has 1 aromatic heterocycles. The highest BCUT2D eigenvalue weighted by Crippen LogP contribution is 2.38. The standard InChI is InChI=1S/C19H13BrFNO4/c20-11-3-1-10(2-4-11)16-15-17(24)13-9-12(21)5-6-14(13)26-18(15)19(25)22(16)7-8-23/h1-6,9,16,23H,7-8H2. The summed E-state index contributed by atoms with van der Waals surface area (Å²) in [7, 11) is 0. The molecule has 132 valence electrons. The summed E-state index contributed by atoms with van der Waals surface area (Å²) in [6.45, 7) is -0.205. The second kappa shape index (κ2) is 6.34. The molecular weight excluding hydrogens is 405 g/mol. The van der Waals surface area contributed by atoms with Crippen molar-refractivity contribution in [3.05, 3.63) is 79.9 Å². The summed E-state index contributed by atoms with van der Waals surface area (Å²) in [6.07, 6.45) is 0. The van der Waals surface area contributed by atoms with Gasteiger partial charge in [-0.15, -0.1) is 0 Å². The fourth-order valence-electron chi connectivity index (χ4n) is 3.32. The normalized spacial score (nSPS) is 16.3. The molecular formula is C19H13BrFNO4. The summed E-state index contributed by atoms with van der Waals surface area (Å²) in [5, 5.41) is 9.45. The number of aliphatic hydroxyl groups excluding tert-OH is 1. The number of amides is 1. The number of β-amino-alcohol motifs (C(OH)–C–C–N with tert-alkyl or cyclic N) is 1. The van der Waals surface area contributed by atoms with Crippen LogP contribution in [0.1, 0.15) is 27.7 Å². The maximum Gasteiger partial charge on any atom is 0.290 e. The largest absolute Gasteiger partial charge is 0.450 e. The Morgan fingerprint density at radius 2 is 1.88 bits per heavy atom. The Morgan fingerprint density at radius 3 is 2.58 bits per heavy atom. The average Bonchev–Trinajstić information content (AvgIpc) is 2.90. The monoisotopic (exact) mass is 417 g/mol. The van der Waals surface area contributed by atoms with Crippen molar-refractivity contribution in [2.45, 2.75) is 6.04 Å². The van der Waals surface area contributed by atoms with Gasteiger partial charge in [-0.25, -0.2) is 4.39 Å². The molecule has 0 saturated heterocycles. The van der Waals surface area contributed by atoms with Crippen molar-refractivity contribution in [1.29, 1.82) is 0 Å². The first-order valence-corrected chi connectivity index (χ1v) is 8.74. The van der Waals surface area contributed by atoms with E-state index in [0.29, 0.717) is 5.56 Å². The van der Waals surface area contributed by atoms with Gasteiger partial charge in [-0.05, 0) is 35.9 Å². The zero-order valence-corrected chi connectivity index (χ0v) is 15.0. The number of carbonyl (C=O) groups excluding carboxylic acids is 1. The first-order valence-electron chi connectivity index (χ1n) is 7.95. The highest BCUT2D eigenvalue weighted by molar-refractivity contribution is 9.10. The molecule has 1 unspecified atom stereocenters. The summed E-state index contributed by atoms with van der Waals surface area (Å²) in [6, 6.07) is 10.1. The van der Waals surface area contributed by atoms with Gasteiger partial charge >= 0.3 is 0 Å². The maximum absolute atomic E-state index is 13.6.